The lowest BCUT2D eigenvalue weighted by Gasteiger charge is -2.21. The molecule has 8 atom stereocenters. The van der Waals surface area contributed by atoms with Crippen LogP contribution in [0.25, 0.3) is 44.5 Å². The second-order valence-electron chi connectivity index (χ2n) is 28.1. The van der Waals surface area contributed by atoms with Crippen molar-refractivity contribution in [2.75, 3.05) is 23.8 Å². The van der Waals surface area contributed by atoms with E-state index in [1.807, 2.05) is 161 Å². The smallest absolute Gasteiger partial charge is 0.307 e. The average molecular weight is 1610 g/mol. The van der Waals surface area contributed by atoms with Crippen LogP contribution < -0.4 is 21.5 Å². The first-order chi connectivity index (χ1) is 56.4. The van der Waals surface area contributed by atoms with Crippen molar-refractivity contribution in [3.8, 4) is 44.5 Å². The summed E-state index contributed by atoms with van der Waals surface area (Å²) in [6, 6.07) is 56.7. The molecule has 0 radical (unpaired) electrons. The molecule has 33 nitrogen and oxygen atoms in total. The van der Waals surface area contributed by atoms with E-state index in [0.717, 1.165) is 98.7 Å². The van der Waals surface area contributed by atoms with Gasteiger partial charge in [0.05, 0.1) is 29.9 Å². The van der Waals surface area contributed by atoms with Gasteiger partial charge in [-0.2, -0.15) is 20.9 Å². The van der Waals surface area contributed by atoms with Crippen LogP contribution in [0.5, 0.6) is 0 Å². The molecule has 34 heteroatoms. The fourth-order valence-corrected chi connectivity index (χ4v) is 14.6. The van der Waals surface area contributed by atoms with Crippen molar-refractivity contribution in [1.29, 1.82) is 0 Å². The summed E-state index contributed by atoms with van der Waals surface area (Å²) in [4.78, 5) is 74.8. The number of tetrazole rings is 4. The highest BCUT2D eigenvalue weighted by Crippen LogP contribution is 2.37. The van der Waals surface area contributed by atoms with E-state index < -0.39 is 75.3 Å². The van der Waals surface area contributed by atoms with Crippen LogP contribution in [0.15, 0.2) is 188 Å². The molecule has 0 saturated carbocycles. The fourth-order valence-electron chi connectivity index (χ4n) is 14.0. The number of benzene rings is 7. The largest absolute Gasteiger partial charge is 0.481 e. The molecule has 14 N–H and O–H groups in total. The second-order valence-corrected chi connectivity index (χ2v) is 29.8. The number of hydrogen-bond donors (Lipinski definition) is 12. The Kier molecular flexibility index (Phi) is 32.1. The number of sulfonamides is 1. The molecule has 610 valence electrons. The molecule has 0 unspecified atom stereocenters. The number of H-pyrrole nitrogens is 4. The number of aliphatic carboxylic acids is 4. The maximum atomic E-state index is 11.9. The fraction of sp³-hybridized carbons (Fsp3) is 0.313. The van der Waals surface area contributed by atoms with Gasteiger partial charge in [-0.05, 0) is 161 Å². The van der Waals surface area contributed by atoms with E-state index >= 15 is 0 Å². The van der Waals surface area contributed by atoms with Crippen LogP contribution in [0.4, 0.5) is 11.5 Å². The van der Waals surface area contributed by atoms with Gasteiger partial charge in [-0.1, -0.05) is 208 Å². The molecule has 7 aromatic carbocycles. The SMILES string of the molecule is CCC[C@H](C(=O)O)[C@H](Cc1cccc(-c2ccc(C(=O)NC)cc2)c1)c1nn[nH]n1.CCC[C@H](C(=O)O)[C@H](Cc1cccc(-c2ccc(N)nc2)c1)c1nn[nH]n1.CCC[C@H](C(=O)O)[C@H](Cc1cccc(-c2ccc(NS(C)(=O)=O)cc2)c1)c1nn[nH]n1.CCC[C@H](C(=O)O)[C@H](Cc1cccc(-c2cccc(C(N)=O)c2)c1)c1nn[nH]n1. The topological polar surface area (TPSA) is 524 Å². The van der Waals surface area contributed by atoms with Gasteiger partial charge < -0.3 is 37.2 Å². The first kappa shape index (κ1) is 87.3. The zero-order valence-corrected chi connectivity index (χ0v) is 66.3. The van der Waals surface area contributed by atoms with Gasteiger partial charge in [-0.15, -0.1) is 40.8 Å². The van der Waals surface area contributed by atoms with Crippen LogP contribution in [0, 0.1) is 23.7 Å². The number of carboxylic acid groups (broad SMARTS) is 4. The number of nitrogen functional groups attached to an aromatic ring is 1. The van der Waals surface area contributed by atoms with Crippen LogP contribution in [0.3, 0.4) is 0 Å². The lowest BCUT2D eigenvalue weighted by atomic mass is 9.83. The van der Waals surface area contributed by atoms with Gasteiger partial charge in [0.1, 0.15) is 5.82 Å². The Balaban J connectivity index is 0.000000178. The highest BCUT2D eigenvalue weighted by molar-refractivity contribution is 7.92. The molecule has 12 aromatic rings. The summed E-state index contributed by atoms with van der Waals surface area (Å²) in [7, 11) is -1.73. The number of nitrogens with zero attached hydrogens (tertiary/aromatic N) is 13. The summed E-state index contributed by atoms with van der Waals surface area (Å²) in [5, 5.41) is 98.1. The number of aromatic amines is 4. The minimum atomic E-state index is -3.33. The van der Waals surface area contributed by atoms with Gasteiger partial charge in [0, 0.05) is 59.3 Å². The average Bonchev–Trinajstić information content (AvgIpc) is 1.81. The Hall–Kier alpha value is -13.7. The molecule has 0 spiro atoms. The first-order valence-electron chi connectivity index (χ1n) is 38.1. The molecular formula is C83H95N21O12S. The maximum absolute atomic E-state index is 11.9. The van der Waals surface area contributed by atoms with E-state index in [0.29, 0.717) is 97.3 Å². The van der Waals surface area contributed by atoms with Crippen molar-refractivity contribution < 1.29 is 57.6 Å². The summed E-state index contributed by atoms with van der Waals surface area (Å²) >= 11 is 0. The van der Waals surface area contributed by atoms with Crippen molar-refractivity contribution in [2.24, 2.45) is 29.4 Å². The molecule has 0 fully saturated rings. The van der Waals surface area contributed by atoms with Gasteiger partial charge in [-0.25, -0.2) is 13.4 Å². The number of carbonyl (C=O) groups is 6. The maximum Gasteiger partial charge on any atom is 0.307 e. The summed E-state index contributed by atoms with van der Waals surface area (Å²) in [6.07, 6.45) is 9.86. The summed E-state index contributed by atoms with van der Waals surface area (Å²) in [5.41, 5.74) is 24.0. The second kappa shape index (κ2) is 43.0. The number of primary amides is 1. The number of carboxylic acids is 4. The Morgan fingerprint density at radius 3 is 0.991 bits per heavy atom. The summed E-state index contributed by atoms with van der Waals surface area (Å²) < 4.78 is 25.2. The van der Waals surface area contributed by atoms with Crippen LogP contribution >= 0.6 is 0 Å². The van der Waals surface area contributed by atoms with Crippen LogP contribution in [-0.2, 0) is 54.9 Å². The number of hydrogen-bond acceptors (Lipinski definition) is 22. The predicted octanol–water partition coefficient (Wildman–Crippen LogP) is 11.6. The molecular weight excluding hydrogens is 1520 g/mol. The monoisotopic (exact) mass is 1610 g/mol. The van der Waals surface area contributed by atoms with Crippen LogP contribution in [-0.4, -0.2) is 165 Å². The third-order valence-electron chi connectivity index (χ3n) is 19.7. The molecule has 12 rings (SSSR count). The quantitative estimate of drug-likeness (QED) is 0.0173. The molecule has 5 heterocycles. The number of aromatic nitrogens is 17. The Labute approximate surface area is 675 Å². The highest BCUT2D eigenvalue weighted by Gasteiger charge is 2.36. The molecule has 2 amide bonds. The Morgan fingerprint density at radius 1 is 0.402 bits per heavy atom. The normalized spacial score (nSPS) is 13.1. The zero-order chi connectivity index (χ0) is 84.0. The third kappa shape index (κ3) is 25.4. The van der Waals surface area contributed by atoms with Gasteiger partial charge in [-0.3, -0.25) is 33.5 Å². The van der Waals surface area contributed by atoms with E-state index in [1.54, 1.807) is 61.8 Å². The van der Waals surface area contributed by atoms with Crippen molar-refractivity contribution in [1.82, 2.24) is 92.8 Å². The van der Waals surface area contributed by atoms with Crippen LogP contribution in [0.2, 0.25) is 0 Å². The molecule has 0 aliphatic rings. The minimum absolute atomic E-state index is 0.131. The van der Waals surface area contributed by atoms with Crippen molar-refractivity contribution in [3.63, 3.8) is 0 Å². The molecule has 0 saturated heterocycles. The van der Waals surface area contributed by atoms with E-state index in [-0.39, 0.29) is 17.7 Å². The molecule has 0 aliphatic carbocycles. The standard InChI is InChI=1S/C22H25N5O3.C21H25N5O4S.C21H23N5O3.C19H22N6O2/c1-3-5-18(22(29)30)19(20-24-26-27-25-20)13-14-6-4-7-17(12-14)15-8-10-16(11-9-15)21(28)23-2;1-3-5-18(21(27)28)19(20-22-25-26-23-20)13-14-6-4-7-16(12-14)15-8-10-17(11-9-15)24-31(2,29)30;1-2-5-17(21(28)29)18(20-23-25-26-24-20)11-13-6-3-7-14(10-13)15-8-4-9-16(12-15)19(22)27;1-2-4-15(19(26)27)16(18-22-24-25-23-18)10-12-5-3-6-13(9-12)14-7-8-17(20)21-11-14/h4,6-12,18-19H,3,5,13H2,1-2H3,(H,23,28)(H,29,30)(H,24,25,26,27);4,6-12,18-19,24H,3,5,13H2,1-2H3,(H,27,28)(H,22,23,25,26);3-4,6-10,12,17-18H,2,5,11H2,1H3,(H2,22,27)(H,28,29)(H,23,24,25,26);3,5-9,11,15-16H,2,4,10H2,1H3,(H2,20,21)(H,26,27)(H,22,23,24,25)/t2*18-,19-;17-,18-;15-,16-/m0000/s1. The van der Waals surface area contributed by atoms with Gasteiger partial charge in [0.2, 0.25) is 15.9 Å². The molecule has 5 aromatic heterocycles. The van der Waals surface area contributed by atoms with Crippen LogP contribution in [0.1, 0.15) is 169 Å². The van der Waals surface area contributed by atoms with Crippen molar-refractivity contribution >= 4 is 57.2 Å². The number of carbonyl (C=O) groups excluding carboxylic acids is 2. The Morgan fingerprint density at radius 2 is 0.709 bits per heavy atom. The van der Waals surface area contributed by atoms with E-state index in [4.69, 9.17) is 11.5 Å². The summed E-state index contributed by atoms with van der Waals surface area (Å²) in [6.45, 7) is 7.84. The zero-order valence-electron chi connectivity index (χ0n) is 65.4. The van der Waals surface area contributed by atoms with E-state index in [2.05, 4.69) is 97.5 Å². The molecule has 0 aliphatic heterocycles. The highest BCUT2D eigenvalue weighted by atomic mass is 32.2. The van der Waals surface area contributed by atoms with Gasteiger partial charge in [0.15, 0.2) is 23.3 Å². The van der Waals surface area contributed by atoms with Crippen molar-refractivity contribution in [3.05, 3.63) is 245 Å². The van der Waals surface area contributed by atoms with E-state index in [9.17, 15) is 57.6 Å². The number of amides is 2. The molecule has 117 heavy (non-hydrogen) atoms. The lowest BCUT2D eigenvalue weighted by Crippen LogP contribution is -2.25. The lowest BCUT2D eigenvalue weighted by molar-refractivity contribution is -0.144. The number of pyridine rings is 1. The van der Waals surface area contributed by atoms with Crippen molar-refractivity contribution in [2.45, 2.75) is 128 Å². The first-order valence-corrected chi connectivity index (χ1v) is 40.0. The van der Waals surface area contributed by atoms with E-state index in [1.165, 1.54) is 0 Å². The van der Waals surface area contributed by atoms with Gasteiger partial charge in [0.25, 0.3) is 5.91 Å². The number of rotatable bonds is 36. The Bertz CT molecular complexity index is 5280. The number of nitrogens with one attached hydrogen (secondary N) is 6. The predicted molar refractivity (Wildman–Crippen MR) is 437 cm³/mol. The summed E-state index contributed by atoms with van der Waals surface area (Å²) in [5.74, 6) is -5.91. The number of nitrogens with two attached hydrogens (primary N) is 2. The third-order valence-corrected chi connectivity index (χ3v) is 20.3. The number of anilines is 2. The molecule has 0 bridgehead atoms. The van der Waals surface area contributed by atoms with Gasteiger partial charge >= 0.3 is 23.9 Å². The minimum Gasteiger partial charge on any atom is -0.481 e.